The lowest BCUT2D eigenvalue weighted by molar-refractivity contribution is -0.144. The van der Waals surface area contributed by atoms with Crippen molar-refractivity contribution >= 4 is 18.0 Å². The van der Waals surface area contributed by atoms with Crippen molar-refractivity contribution in [1.29, 1.82) is 5.26 Å². The highest BCUT2D eigenvalue weighted by atomic mass is 16.5. The first-order chi connectivity index (χ1) is 13.5. The Morgan fingerprint density at radius 2 is 1.71 bits per heavy atom. The number of carbonyl (C=O) groups is 2. The summed E-state index contributed by atoms with van der Waals surface area (Å²) < 4.78 is 20.7. The molecule has 8 nitrogen and oxygen atoms in total. The Balaban J connectivity index is 1.96. The molecule has 1 aromatic rings. The number of esters is 1. The van der Waals surface area contributed by atoms with Crippen LogP contribution in [0, 0.1) is 11.3 Å². The Labute approximate surface area is 164 Å². The van der Waals surface area contributed by atoms with Crippen LogP contribution in [0.2, 0.25) is 0 Å². The highest BCUT2D eigenvalue weighted by molar-refractivity contribution is 5.90. The molecule has 0 radical (unpaired) electrons. The van der Waals surface area contributed by atoms with Gasteiger partial charge in [-0.2, -0.15) is 5.26 Å². The Bertz CT molecular complexity index is 791. The van der Waals surface area contributed by atoms with Crippen molar-refractivity contribution in [2.24, 2.45) is 0 Å². The predicted octanol–water partition coefficient (Wildman–Crippen LogP) is 2.22. The molecule has 2 rings (SSSR count). The van der Waals surface area contributed by atoms with Crippen molar-refractivity contribution in [3.8, 4) is 23.3 Å². The van der Waals surface area contributed by atoms with E-state index in [1.807, 2.05) is 0 Å². The van der Waals surface area contributed by atoms with E-state index in [1.165, 1.54) is 33.5 Å². The fourth-order valence-electron chi connectivity index (χ4n) is 3.07. The minimum Gasteiger partial charge on any atom is -0.496 e. The molecule has 28 heavy (non-hydrogen) atoms. The molecule has 1 amide bonds. The van der Waals surface area contributed by atoms with Crippen LogP contribution in [0.5, 0.6) is 17.2 Å². The molecule has 1 saturated carbocycles. The van der Waals surface area contributed by atoms with Gasteiger partial charge in [0.2, 0.25) is 0 Å². The summed E-state index contributed by atoms with van der Waals surface area (Å²) in [6, 6.07) is 5.45. The van der Waals surface area contributed by atoms with Gasteiger partial charge >= 0.3 is 5.97 Å². The number of rotatable bonds is 8. The second kappa shape index (κ2) is 9.65. The predicted molar refractivity (Wildman–Crippen MR) is 101 cm³/mol. The first-order valence-corrected chi connectivity index (χ1v) is 8.84. The topological polar surface area (TPSA) is 107 Å². The average Bonchev–Trinajstić information content (AvgIpc) is 3.18. The number of hydrogen-bond acceptors (Lipinski definition) is 7. The number of benzene rings is 1. The third-order valence-electron chi connectivity index (χ3n) is 4.53. The summed E-state index contributed by atoms with van der Waals surface area (Å²) in [5.74, 6) is 0.276. The van der Waals surface area contributed by atoms with Gasteiger partial charge in [0.15, 0.2) is 18.1 Å². The quantitative estimate of drug-likeness (QED) is 0.537. The third-order valence-corrected chi connectivity index (χ3v) is 4.53. The molecule has 0 atom stereocenters. The first-order valence-electron chi connectivity index (χ1n) is 8.84. The van der Waals surface area contributed by atoms with Gasteiger partial charge in [0.25, 0.3) is 5.91 Å². The van der Waals surface area contributed by atoms with Crippen LogP contribution in [-0.4, -0.2) is 45.4 Å². The highest BCUT2D eigenvalue weighted by Crippen LogP contribution is 2.35. The number of nitriles is 1. The number of methoxy groups -OCH3 is 3. The normalized spacial score (nSPS) is 14.9. The molecule has 0 aromatic heterocycles. The van der Waals surface area contributed by atoms with Crippen LogP contribution in [0.1, 0.15) is 31.2 Å². The van der Waals surface area contributed by atoms with E-state index in [2.05, 4.69) is 11.4 Å². The van der Waals surface area contributed by atoms with Crippen molar-refractivity contribution in [2.45, 2.75) is 31.2 Å². The Hall–Kier alpha value is -3.21. The number of amides is 1. The van der Waals surface area contributed by atoms with E-state index < -0.39 is 24.0 Å². The molecule has 0 aliphatic heterocycles. The standard InChI is InChI=1S/C20H24N2O6/c1-25-15-11-17(27-3)16(26-2)10-14(15)6-7-19(24)28-12-18(23)22-20(13-21)8-4-5-9-20/h6-7,10-11H,4-5,8-9,12H2,1-3H3,(H,22,23)/b7-6+. The molecular formula is C20H24N2O6. The van der Waals surface area contributed by atoms with Crippen LogP contribution in [0.15, 0.2) is 18.2 Å². The molecule has 1 aliphatic rings. The molecule has 0 bridgehead atoms. The summed E-state index contributed by atoms with van der Waals surface area (Å²) in [6.07, 6.45) is 5.69. The zero-order chi connectivity index (χ0) is 20.6. The molecule has 0 unspecified atom stereocenters. The zero-order valence-corrected chi connectivity index (χ0v) is 16.2. The summed E-state index contributed by atoms with van der Waals surface area (Å²) in [6.45, 7) is -0.449. The van der Waals surface area contributed by atoms with Crippen LogP contribution in [-0.2, 0) is 14.3 Å². The Morgan fingerprint density at radius 1 is 1.11 bits per heavy atom. The average molecular weight is 388 g/mol. The first kappa shape index (κ1) is 21.1. The van der Waals surface area contributed by atoms with Crippen molar-refractivity contribution < 1.29 is 28.5 Å². The van der Waals surface area contributed by atoms with E-state index in [-0.39, 0.29) is 0 Å². The van der Waals surface area contributed by atoms with E-state index in [9.17, 15) is 14.9 Å². The fraction of sp³-hybridized carbons (Fsp3) is 0.450. The molecule has 1 aliphatic carbocycles. The molecular weight excluding hydrogens is 364 g/mol. The van der Waals surface area contributed by atoms with Crippen LogP contribution in [0.25, 0.3) is 6.08 Å². The van der Waals surface area contributed by atoms with Crippen molar-refractivity contribution in [3.63, 3.8) is 0 Å². The number of carbonyl (C=O) groups excluding carboxylic acids is 2. The number of nitrogens with one attached hydrogen (secondary N) is 1. The van der Waals surface area contributed by atoms with Crippen LogP contribution >= 0.6 is 0 Å². The lowest BCUT2D eigenvalue weighted by Crippen LogP contribution is -2.46. The van der Waals surface area contributed by atoms with Gasteiger partial charge in [-0.15, -0.1) is 0 Å². The monoisotopic (exact) mass is 388 g/mol. The van der Waals surface area contributed by atoms with Gasteiger partial charge in [0, 0.05) is 17.7 Å². The van der Waals surface area contributed by atoms with E-state index in [0.717, 1.165) is 12.8 Å². The lowest BCUT2D eigenvalue weighted by atomic mass is 10.00. The van der Waals surface area contributed by atoms with Gasteiger partial charge in [0.05, 0.1) is 27.4 Å². The molecule has 1 aromatic carbocycles. The summed E-state index contributed by atoms with van der Waals surface area (Å²) >= 11 is 0. The van der Waals surface area contributed by atoms with Crippen LogP contribution in [0.4, 0.5) is 0 Å². The van der Waals surface area contributed by atoms with E-state index in [0.29, 0.717) is 35.7 Å². The maximum atomic E-state index is 12.0. The molecule has 1 N–H and O–H groups in total. The fourth-order valence-corrected chi connectivity index (χ4v) is 3.07. The van der Waals surface area contributed by atoms with Crippen molar-refractivity contribution in [2.75, 3.05) is 27.9 Å². The van der Waals surface area contributed by atoms with E-state index in [1.54, 1.807) is 12.1 Å². The van der Waals surface area contributed by atoms with E-state index in [4.69, 9.17) is 18.9 Å². The molecule has 8 heteroatoms. The number of ether oxygens (including phenoxy) is 4. The SMILES string of the molecule is COc1cc(OC)c(OC)cc1/C=C/C(=O)OCC(=O)NC1(C#N)CCCC1. The summed E-state index contributed by atoms with van der Waals surface area (Å²) in [5, 5.41) is 11.9. The van der Waals surface area contributed by atoms with Gasteiger partial charge in [0.1, 0.15) is 11.3 Å². The lowest BCUT2D eigenvalue weighted by Gasteiger charge is -2.21. The second-order valence-electron chi connectivity index (χ2n) is 6.34. The summed E-state index contributed by atoms with van der Waals surface area (Å²) in [7, 11) is 4.51. The van der Waals surface area contributed by atoms with Crippen molar-refractivity contribution in [1.82, 2.24) is 5.32 Å². The molecule has 0 saturated heterocycles. The number of nitrogens with zero attached hydrogens (tertiary/aromatic N) is 1. The second-order valence-corrected chi connectivity index (χ2v) is 6.34. The van der Waals surface area contributed by atoms with Gasteiger partial charge in [-0.3, -0.25) is 4.79 Å². The molecule has 0 heterocycles. The summed E-state index contributed by atoms with van der Waals surface area (Å²) in [5.41, 5.74) is -0.261. The minimum absolute atomic E-state index is 0.449. The highest BCUT2D eigenvalue weighted by Gasteiger charge is 2.35. The number of hydrogen-bond donors (Lipinski definition) is 1. The molecule has 0 spiro atoms. The smallest absolute Gasteiger partial charge is 0.331 e. The van der Waals surface area contributed by atoms with Gasteiger partial charge in [-0.1, -0.05) is 0 Å². The maximum absolute atomic E-state index is 12.0. The minimum atomic E-state index is -0.841. The van der Waals surface area contributed by atoms with Gasteiger partial charge in [-0.05, 0) is 37.8 Å². The zero-order valence-electron chi connectivity index (χ0n) is 16.2. The Kier molecular flexibility index (Phi) is 7.27. The van der Waals surface area contributed by atoms with Gasteiger partial charge in [-0.25, -0.2) is 4.79 Å². The Morgan fingerprint density at radius 3 is 2.29 bits per heavy atom. The van der Waals surface area contributed by atoms with Crippen molar-refractivity contribution in [3.05, 3.63) is 23.8 Å². The molecule has 150 valence electrons. The largest absolute Gasteiger partial charge is 0.496 e. The summed E-state index contributed by atoms with van der Waals surface area (Å²) in [4.78, 5) is 23.9. The molecule has 1 fully saturated rings. The van der Waals surface area contributed by atoms with E-state index >= 15 is 0 Å². The third kappa shape index (κ3) is 5.16. The maximum Gasteiger partial charge on any atom is 0.331 e. The van der Waals surface area contributed by atoms with Gasteiger partial charge < -0.3 is 24.3 Å². The van der Waals surface area contributed by atoms with Crippen LogP contribution in [0.3, 0.4) is 0 Å². The van der Waals surface area contributed by atoms with Crippen LogP contribution < -0.4 is 19.5 Å².